The van der Waals surface area contributed by atoms with Crippen LogP contribution in [0.3, 0.4) is 0 Å². The minimum Gasteiger partial charge on any atom is -0.300 e. The SMILES string of the molecule is CCC(CC)n1ccc(CC(C(C)=O)C(C)C)n1. The van der Waals surface area contributed by atoms with Gasteiger partial charge in [0.15, 0.2) is 0 Å². The number of hydrogen-bond donors (Lipinski definition) is 0. The summed E-state index contributed by atoms with van der Waals surface area (Å²) in [6.07, 6.45) is 5.00. The van der Waals surface area contributed by atoms with Gasteiger partial charge in [-0.15, -0.1) is 0 Å². The van der Waals surface area contributed by atoms with E-state index in [1.54, 1.807) is 6.92 Å². The van der Waals surface area contributed by atoms with Crippen LogP contribution in [0.2, 0.25) is 0 Å². The van der Waals surface area contributed by atoms with Crippen LogP contribution < -0.4 is 0 Å². The second-order valence-corrected chi connectivity index (χ2v) is 5.42. The van der Waals surface area contributed by atoms with Crippen molar-refractivity contribution in [1.82, 2.24) is 9.78 Å². The maximum atomic E-state index is 11.6. The Morgan fingerprint density at radius 3 is 2.39 bits per heavy atom. The third-order valence-electron chi connectivity index (χ3n) is 3.74. The molecule has 0 spiro atoms. The van der Waals surface area contributed by atoms with Crippen molar-refractivity contribution in [2.24, 2.45) is 11.8 Å². The number of ketones is 1. The number of Topliss-reactive ketones (excluding diaryl/α,β-unsaturated/α-hetero) is 1. The summed E-state index contributed by atoms with van der Waals surface area (Å²) in [6, 6.07) is 2.53. The molecule has 102 valence electrons. The van der Waals surface area contributed by atoms with E-state index < -0.39 is 0 Å². The first kappa shape index (κ1) is 14.9. The lowest BCUT2D eigenvalue weighted by molar-refractivity contribution is -0.121. The molecule has 0 fully saturated rings. The van der Waals surface area contributed by atoms with Gasteiger partial charge in [-0.2, -0.15) is 5.10 Å². The van der Waals surface area contributed by atoms with Crippen molar-refractivity contribution in [3.63, 3.8) is 0 Å². The van der Waals surface area contributed by atoms with Crippen LogP contribution in [-0.4, -0.2) is 15.6 Å². The molecule has 1 atom stereocenters. The molecule has 0 aliphatic rings. The Balaban J connectivity index is 2.76. The molecule has 0 bridgehead atoms. The quantitative estimate of drug-likeness (QED) is 0.740. The summed E-state index contributed by atoms with van der Waals surface area (Å²) in [7, 11) is 0. The van der Waals surface area contributed by atoms with E-state index in [1.165, 1.54) is 0 Å². The molecule has 0 radical (unpaired) electrons. The molecule has 1 heterocycles. The van der Waals surface area contributed by atoms with E-state index in [-0.39, 0.29) is 11.7 Å². The Labute approximate surface area is 111 Å². The van der Waals surface area contributed by atoms with Gasteiger partial charge in [0.2, 0.25) is 0 Å². The monoisotopic (exact) mass is 250 g/mol. The highest BCUT2D eigenvalue weighted by atomic mass is 16.1. The van der Waals surface area contributed by atoms with Crippen molar-refractivity contribution >= 4 is 5.78 Å². The predicted molar refractivity (Wildman–Crippen MR) is 74.6 cm³/mol. The summed E-state index contributed by atoms with van der Waals surface area (Å²) in [5.74, 6) is 0.734. The Bertz CT molecular complexity index is 378. The minimum atomic E-state index is 0.0926. The van der Waals surface area contributed by atoms with Gasteiger partial charge < -0.3 is 0 Å². The van der Waals surface area contributed by atoms with Gasteiger partial charge in [-0.25, -0.2) is 0 Å². The Morgan fingerprint density at radius 1 is 1.33 bits per heavy atom. The summed E-state index contributed by atoms with van der Waals surface area (Å²) >= 11 is 0. The summed E-state index contributed by atoms with van der Waals surface area (Å²) in [4.78, 5) is 11.6. The average molecular weight is 250 g/mol. The average Bonchev–Trinajstić information content (AvgIpc) is 2.75. The zero-order chi connectivity index (χ0) is 13.7. The molecule has 0 saturated heterocycles. The molecule has 1 unspecified atom stereocenters. The molecular weight excluding hydrogens is 224 g/mol. The second kappa shape index (κ2) is 6.72. The zero-order valence-corrected chi connectivity index (χ0v) is 12.3. The van der Waals surface area contributed by atoms with Crippen LogP contribution in [0.5, 0.6) is 0 Å². The van der Waals surface area contributed by atoms with Crippen LogP contribution in [0.4, 0.5) is 0 Å². The van der Waals surface area contributed by atoms with E-state index in [4.69, 9.17) is 0 Å². The van der Waals surface area contributed by atoms with Gasteiger partial charge in [0.05, 0.1) is 11.7 Å². The van der Waals surface area contributed by atoms with Gasteiger partial charge >= 0.3 is 0 Å². The van der Waals surface area contributed by atoms with Gasteiger partial charge in [0, 0.05) is 18.5 Å². The van der Waals surface area contributed by atoms with E-state index >= 15 is 0 Å². The number of nitrogens with zero attached hydrogens (tertiary/aromatic N) is 2. The topological polar surface area (TPSA) is 34.9 Å². The van der Waals surface area contributed by atoms with Crippen LogP contribution in [0.25, 0.3) is 0 Å². The third kappa shape index (κ3) is 3.69. The molecule has 0 saturated carbocycles. The summed E-state index contributed by atoms with van der Waals surface area (Å²) < 4.78 is 2.05. The molecule has 1 rings (SSSR count). The fourth-order valence-corrected chi connectivity index (χ4v) is 2.43. The Kier molecular flexibility index (Phi) is 5.57. The maximum Gasteiger partial charge on any atom is 0.133 e. The van der Waals surface area contributed by atoms with E-state index in [0.29, 0.717) is 12.0 Å². The Morgan fingerprint density at radius 2 is 1.94 bits per heavy atom. The summed E-state index contributed by atoms with van der Waals surface area (Å²) in [5, 5.41) is 4.62. The number of carbonyl (C=O) groups is 1. The van der Waals surface area contributed by atoms with Crippen LogP contribution in [-0.2, 0) is 11.2 Å². The lowest BCUT2D eigenvalue weighted by atomic mass is 9.88. The molecule has 3 heteroatoms. The van der Waals surface area contributed by atoms with E-state index in [2.05, 4.69) is 38.9 Å². The molecule has 0 N–H and O–H groups in total. The first-order valence-corrected chi connectivity index (χ1v) is 7.04. The summed E-state index contributed by atoms with van der Waals surface area (Å²) in [6.45, 7) is 10.3. The first-order chi connectivity index (χ1) is 8.49. The molecule has 0 aliphatic heterocycles. The van der Waals surface area contributed by atoms with Crippen LogP contribution >= 0.6 is 0 Å². The van der Waals surface area contributed by atoms with Gasteiger partial charge in [0.1, 0.15) is 5.78 Å². The molecule has 0 aliphatic carbocycles. The Hall–Kier alpha value is -1.12. The molecule has 1 aromatic heterocycles. The molecule has 18 heavy (non-hydrogen) atoms. The highest BCUT2D eigenvalue weighted by molar-refractivity contribution is 5.78. The van der Waals surface area contributed by atoms with E-state index in [0.717, 1.165) is 25.0 Å². The standard InChI is InChI=1S/C15H26N2O/c1-6-14(7-2)17-9-8-13(16-17)10-15(11(3)4)12(5)18/h8-9,11,14-15H,6-7,10H2,1-5H3. The van der Waals surface area contributed by atoms with Crippen molar-refractivity contribution < 1.29 is 4.79 Å². The van der Waals surface area contributed by atoms with Crippen LogP contribution in [0.1, 0.15) is 59.2 Å². The fourth-order valence-electron chi connectivity index (χ4n) is 2.43. The lowest BCUT2D eigenvalue weighted by Crippen LogP contribution is -2.20. The van der Waals surface area contributed by atoms with Gasteiger partial charge in [-0.3, -0.25) is 9.48 Å². The molecular formula is C15H26N2O. The normalized spacial score (nSPS) is 13.3. The van der Waals surface area contributed by atoms with Crippen molar-refractivity contribution in [1.29, 1.82) is 0 Å². The summed E-state index contributed by atoms with van der Waals surface area (Å²) in [5.41, 5.74) is 1.04. The number of hydrogen-bond acceptors (Lipinski definition) is 2. The largest absolute Gasteiger partial charge is 0.300 e. The molecule has 3 nitrogen and oxygen atoms in total. The fraction of sp³-hybridized carbons (Fsp3) is 0.733. The molecule has 1 aromatic rings. The zero-order valence-electron chi connectivity index (χ0n) is 12.3. The van der Waals surface area contributed by atoms with Gasteiger partial charge in [-0.1, -0.05) is 27.7 Å². The molecule has 0 aromatic carbocycles. The van der Waals surface area contributed by atoms with Gasteiger partial charge in [-0.05, 0) is 31.7 Å². The van der Waals surface area contributed by atoms with Crippen molar-refractivity contribution in [2.75, 3.05) is 0 Å². The number of aromatic nitrogens is 2. The molecule has 0 amide bonds. The van der Waals surface area contributed by atoms with Gasteiger partial charge in [0.25, 0.3) is 0 Å². The number of carbonyl (C=O) groups excluding carboxylic acids is 1. The van der Waals surface area contributed by atoms with Crippen LogP contribution in [0, 0.1) is 11.8 Å². The van der Waals surface area contributed by atoms with Crippen molar-refractivity contribution in [3.8, 4) is 0 Å². The smallest absolute Gasteiger partial charge is 0.133 e. The van der Waals surface area contributed by atoms with E-state index in [1.807, 2.05) is 10.9 Å². The van der Waals surface area contributed by atoms with Crippen LogP contribution in [0.15, 0.2) is 12.3 Å². The maximum absolute atomic E-state index is 11.6. The highest BCUT2D eigenvalue weighted by Gasteiger charge is 2.20. The first-order valence-electron chi connectivity index (χ1n) is 7.04. The lowest BCUT2D eigenvalue weighted by Gasteiger charge is -2.16. The van der Waals surface area contributed by atoms with Crippen molar-refractivity contribution in [2.45, 2.75) is 59.9 Å². The third-order valence-corrected chi connectivity index (χ3v) is 3.74. The second-order valence-electron chi connectivity index (χ2n) is 5.42. The highest BCUT2D eigenvalue weighted by Crippen LogP contribution is 2.19. The van der Waals surface area contributed by atoms with E-state index in [9.17, 15) is 4.79 Å². The number of rotatable bonds is 7. The van der Waals surface area contributed by atoms with Crippen molar-refractivity contribution in [3.05, 3.63) is 18.0 Å². The minimum absolute atomic E-state index is 0.0926. The predicted octanol–water partition coefficient (Wildman–Crippen LogP) is 3.65.